The van der Waals surface area contributed by atoms with Crippen LogP contribution in [0.25, 0.3) is 0 Å². The van der Waals surface area contributed by atoms with Crippen LogP contribution < -0.4 is 5.73 Å². The molecule has 0 atom stereocenters. The summed E-state index contributed by atoms with van der Waals surface area (Å²) >= 11 is 0. The van der Waals surface area contributed by atoms with E-state index < -0.39 is 6.67 Å². The molecule has 1 rings (SSSR count). The van der Waals surface area contributed by atoms with Crippen molar-refractivity contribution in [2.45, 2.75) is 20.0 Å². The molecule has 0 aliphatic rings. The molecule has 0 amide bonds. The first kappa shape index (κ1) is 8.20. The Hall–Kier alpha value is -0.900. The van der Waals surface area contributed by atoms with Gasteiger partial charge in [-0.05, 0) is 6.92 Å². The normalized spacial score (nSPS) is 10.5. The monoisotopic (exact) mass is 158 g/mol. The highest BCUT2D eigenvalue weighted by Gasteiger charge is 2.07. The summed E-state index contributed by atoms with van der Waals surface area (Å²) in [6.07, 6.45) is 0.570. The first-order valence-electron chi connectivity index (χ1n) is 3.49. The van der Waals surface area contributed by atoms with Gasteiger partial charge in [0, 0.05) is 13.0 Å². The maximum Gasteiger partial charge on any atom is 0.196 e. The van der Waals surface area contributed by atoms with E-state index in [0.717, 1.165) is 0 Å². The summed E-state index contributed by atoms with van der Waals surface area (Å²) in [5, 5.41) is 0. The quantitative estimate of drug-likeness (QED) is 0.712. The van der Waals surface area contributed by atoms with Crippen molar-refractivity contribution in [3.8, 4) is 0 Å². The Labute approximate surface area is 64.4 Å². The highest BCUT2D eigenvalue weighted by atomic mass is 19.1. The molecular formula is C7H11FN2O. The summed E-state index contributed by atoms with van der Waals surface area (Å²) in [7, 11) is 0. The van der Waals surface area contributed by atoms with Crippen LogP contribution in [0, 0.1) is 6.92 Å². The molecule has 0 unspecified atom stereocenters. The van der Waals surface area contributed by atoms with Crippen molar-refractivity contribution in [3.05, 3.63) is 17.3 Å². The zero-order valence-corrected chi connectivity index (χ0v) is 6.43. The number of rotatable bonds is 3. The van der Waals surface area contributed by atoms with Crippen LogP contribution in [-0.4, -0.2) is 11.5 Å². The van der Waals surface area contributed by atoms with Crippen molar-refractivity contribution in [3.63, 3.8) is 0 Å². The average Bonchev–Trinajstić information content (AvgIpc) is 2.32. The van der Waals surface area contributed by atoms with Crippen LogP contribution >= 0.6 is 0 Å². The molecule has 0 fully saturated rings. The molecule has 0 aliphatic carbocycles. The second kappa shape index (κ2) is 3.48. The highest BCUT2D eigenvalue weighted by Crippen LogP contribution is 2.11. The lowest BCUT2D eigenvalue weighted by atomic mass is 10.4. The molecule has 0 aromatic carbocycles. The number of nitrogens with zero attached hydrogens (tertiary/aromatic N) is 1. The van der Waals surface area contributed by atoms with Gasteiger partial charge < -0.3 is 10.2 Å². The fourth-order valence-electron chi connectivity index (χ4n) is 0.843. The van der Waals surface area contributed by atoms with Crippen LogP contribution in [-0.2, 0) is 13.1 Å². The van der Waals surface area contributed by atoms with Crippen molar-refractivity contribution in [2.24, 2.45) is 5.73 Å². The zero-order chi connectivity index (χ0) is 8.27. The second-order valence-corrected chi connectivity index (χ2v) is 2.29. The number of hydrogen-bond donors (Lipinski definition) is 1. The summed E-state index contributed by atoms with van der Waals surface area (Å²) in [4.78, 5) is 3.98. The summed E-state index contributed by atoms with van der Waals surface area (Å²) in [5.74, 6) is 0.839. The van der Waals surface area contributed by atoms with Gasteiger partial charge in [-0.3, -0.25) is 0 Å². The molecule has 0 aliphatic heterocycles. The fraction of sp³-hybridized carbons (Fsp3) is 0.571. The largest absolute Gasteiger partial charge is 0.443 e. The van der Waals surface area contributed by atoms with Crippen molar-refractivity contribution in [2.75, 3.05) is 6.54 Å². The number of aromatic nitrogens is 1. The van der Waals surface area contributed by atoms with Crippen LogP contribution in [0.3, 0.4) is 0 Å². The minimum absolute atomic E-state index is 0.313. The van der Waals surface area contributed by atoms with E-state index in [1.165, 1.54) is 0 Å². The predicted molar refractivity (Wildman–Crippen MR) is 38.8 cm³/mol. The molecule has 3 nitrogen and oxygen atoms in total. The smallest absolute Gasteiger partial charge is 0.196 e. The van der Waals surface area contributed by atoms with Crippen LogP contribution in [0.2, 0.25) is 0 Å². The van der Waals surface area contributed by atoms with E-state index in [0.29, 0.717) is 30.3 Å². The number of hydrogen-bond acceptors (Lipinski definition) is 3. The minimum Gasteiger partial charge on any atom is -0.443 e. The van der Waals surface area contributed by atoms with Crippen molar-refractivity contribution in [1.82, 2.24) is 4.98 Å². The molecule has 11 heavy (non-hydrogen) atoms. The van der Waals surface area contributed by atoms with Gasteiger partial charge in [0.1, 0.15) is 6.67 Å². The van der Waals surface area contributed by atoms with Gasteiger partial charge in [0.05, 0.1) is 5.69 Å². The Morgan fingerprint density at radius 2 is 2.36 bits per heavy atom. The lowest BCUT2D eigenvalue weighted by Crippen LogP contribution is -2.02. The number of aryl methyl sites for hydroxylation is 1. The molecule has 1 heterocycles. The van der Waals surface area contributed by atoms with Gasteiger partial charge in [-0.25, -0.2) is 9.37 Å². The average molecular weight is 158 g/mol. The first-order valence-corrected chi connectivity index (χ1v) is 3.49. The predicted octanol–water partition coefficient (Wildman–Crippen LogP) is 0.954. The van der Waals surface area contributed by atoms with Crippen LogP contribution in [0.5, 0.6) is 0 Å². The van der Waals surface area contributed by atoms with E-state index >= 15 is 0 Å². The van der Waals surface area contributed by atoms with E-state index in [1.54, 1.807) is 6.92 Å². The van der Waals surface area contributed by atoms with Crippen LogP contribution in [0.15, 0.2) is 4.42 Å². The third kappa shape index (κ3) is 1.77. The fourth-order valence-corrected chi connectivity index (χ4v) is 0.843. The van der Waals surface area contributed by atoms with Gasteiger partial charge in [-0.15, -0.1) is 0 Å². The molecule has 62 valence electrons. The second-order valence-electron chi connectivity index (χ2n) is 2.29. The molecular weight excluding hydrogens is 147 g/mol. The summed E-state index contributed by atoms with van der Waals surface area (Å²) < 4.78 is 17.1. The van der Waals surface area contributed by atoms with E-state index in [4.69, 9.17) is 10.2 Å². The molecule has 0 radical (unpaired) electrons. The first-order chi connectivity index (χ1) is 5.27. The summed E-state index contributed by atoms with van der Waals surface area (Å²) in [6.45, 7) is 1.60. The van der Waals surface area contributed by atoms with Crippen LogP contribution in [0.4, 0.5) is 4.39 Å². The molecule has 2 N–H and O–H groups in total. The lowest BCUT2D eigenvalue weighted by Gasteiger charge is -1.87. The molecule has 1 aromatic rings. The van der Waals surface area contributed by atoms with Gasteiger partial charge in [0.15, 0.2) is 11.7 Å². The minimum atomic E-state index is -0.594. The third-order valence-corrected chi connectivity index (χ3v) is 1.42. The Bertz CT molecular complexity index is 234. The van der Waals surface area contributed by atoms with Crippen molar-refractivity contribution in [1.29, 1.82) is 0 Å². The summed E-state index contributed by atoms with van der Waals surface area (Å²) in [5.41, 5.74) is 5.89. The topological polar surface area (TPSA) is 52.0 Å². The van der Waals surface area contributed by atoms with Crippen molar-refractivity contribution >= 4 is 0 Å². The van der Waals surface area contributed by atoms with E-state index in [-0.39, 0.29) is 0 Å². The number of nitrogens with two attached hydrogens (primary N) is 1. The molecule has 0 spiro atoms. The number of oxazole rings is 1. The maximum absolute atomic E-state index is 12.1. The van der Waals surface area contributed by atoms with Gasteiger partial charge in [0.25, 0.3) is 0 Å². The maximum atomic E-state index is 12.1. The Morgan fingerprint density at radius 3 is 2.82 bits per heavy atom. The highest BCUT2D eigenvalue weighted by molar-refractivity contribution is 5.06. The molecule has 0 bridgehead atoms. The van der Waals surface area contributed by atoms with E-state index in [9.17, 15) is 4.39 Å². The van der Waals surface area contributed by atoms with Gasteiger partial charge in [0.2, 0.25) is 0 Å². The molecule has 0 saturated carbocycles. The molecule has 1 aromatic heterocycles. The zero-order valence-electron chi connectivity index (χ0n) is 6.43. The van der Waals surface area contributed by atoms with Crippen LogP contribution in [0.1, 0.15) is 17.3 Å². The number of halogens is 1. The summed E-state index contributed by atoms with van der Waals surface area (Å²) in [6, 6.07) is 0. The Morgan fingerprint density at radius 1 is 1.64 bits per heavy atom. The van der Waals surface area contributed by atoms with E-state index in [2.05, 4.69) is 4.98 Å². The molecule has 0 saturated heterocycles. The third-order valence-electron chi connectivity index (χ3n) is 1.42. The Kier molecular flexibility index (Phi) is 2.59. The number of alkyl halides is 1. The lowest BCUT2D eigenvalue weighted by molar-refractivity contribution is 0.373. The SMILES string of the molecule is Cc1nc(CCN)oc1CF. The Balaban J connectivity index is 2.77. The molecule has 4 heteroatoms. The van der Waals surface area contributed by atoms with Gasteiger partial charge >= 0.3 is 0 Å². The van der Waals surface area contributed by atoms with Crippen molar-refractivity contribution < 1.29 is 8.81 Å². The van der Waals surface area contributed by atoms with Gasteiger partial charge in [-0.1, -0.05) is 0 Å². The van der Waals surface area contributed by atoms with E-state index in [1.807, 2.05) is 0 Å². The van der Waals surface area contributed by atoms with Gasteiger partial charge in [-0.2, -0.15) is 0 Å². The standard InChI is InChI=1S/C7H11FN2O/c1-5-6(4-8)11-7(10-5)2-3-9/h2-4,9H2,1H3.